The lowest BCUT2D eigenvalue weighted by atomic mass is 9.92. The van der Waals surface area contributed by atoms with Crippen LogP contribution in [0, 0.1) is 0 Å². The van der Waals surface area contributed by atoms with E-state index in [1.807, 2.05) is 44.6 Å². The molecule has 4 aliphatic rings. The Balaban J connectivity index is 0.749. The number of nitrogens with one attached hydrogen (secondary N) is 4. The first kappa shape index (κ1) is 46.1. The summed E-state index contributed by atoms with van der Waals surface area (Å²) in [5.74, 6) is 0.904. The van der Waals surface area contributed by atoms with E-state index >= 15 is 0 Å². The standard InChI is InChI=1S/C52H60N14O6/c1-53-44-24-42(40-28-63(32-13-18-70-19-14-32)47-36(40)11-5-16-55-47)61-50-39(27-58-66(44)50)52(69)60-31-8-4-10-35(22-31)72-46-23-33(15-20-71-46)64-29-41(37-12-6-17-56-48(37)64)43-25-45(54-2)65-49(62-43)38(26-57-65)51(68)59-30-7-3-9-34(67)21-30/h5-6,11-12,16-17,24-35,46,53-54,67H,3-4,7-10,13-15,18-23H2,1-2H3,(H,59,68)(H,60,69)/t30?,31-,33?,34+,35-,46?/m1/s1. The summed E-state index contributed by atoms with van der Waals surface area (Å²) in [6, 6.07) is 12.0. The fourth-order valence-corrected chi connectivity index (χ4v) is 11.5. The van der Waals surface area contributed by atoms with Crippen molar-refractivity contribution in [2.45, 2.75) is 120 Å². The maximum absolute atomic E-state index is 14.2. The van der Waals surface area contributed by atoms with Crippen LogP contribution in [0.25, 0.3) is 55.9 Å². The number of nitrogens with zero attached hydrogens (tertiary/aromatic N) is 10. The van der Waals surface area contributed by atoms with Crippen LogP contribution in [0.3, 0.4) is 0 Å². The Kier molecular flexibility index (Phi) is 12.5. The molecule has 6 atom stereocenters. The number of fused-ring (bicyclic) bond motifs is 4. The van der Waals surface area contributed by atoms with Crippen LogP contribution in [0.2, 0.25) is 0 Å². The predicted molar refractivity (Wildman–Crippen MR) is 270 cm³/mol. The first-order chi connectivity index (χ1) is 35.3. The molecule has 3 unspecified atom stereocenters. The molecule has 10 heterocycles. The molecule has 2 saturated carbocycles. The molecule has 2 saturated heterocycles. The van der Waals surface area contributed by atoms with Crippen LogP contribution in [0.1, 0.15) is 110 Å². The summed E-state index contributed by atoms with van der Waals surface area (Å²) in [7, 11) is 3.66. The quantitative estimate of drug-likeness (QED) is 0.0858. The van der Waals surface area contributed by atoms with Crippen LogP contribution < -0.4 is 21.3 Å². The van der Waals surface area contributed by atoms with Crippen molar-refractivity contribution in [3.05, 3.63) is 84.7 Å². The maximum atomic E-state index is 14.2. The van der Waals surface area contributed by atoms with Gasteiger partial charge in [-0.3, -0.25) is 9.59 Å². The molecule has 20 heteroatoms. The average molecular weight is 977 g/mol. The third kappa shape index (κ3) is 8.68. The number of hydrogen-bond donors (Lipinski definition) is 5. The number of carbonyl (C=O) groups excluding carboxylic acids is 2. The Morgan fingerprint density at radius 2 is 1.22 bits per heavy atom. The Labute approximate surface area is 414 Å². The molecule has 2 amide bonds. The van der Waals surface area contributed by atoms with E-state index in [4.69, 9.17) is 34.1 Å². The van der Waals surface area contributed by atoms with E-state index in [0.29, 0.717) is 78.8 Å². The van der Waals surface area contributed by atoms with Crippen LogP contribution >= 0.6 is 0 Å². The summed E-state index contributed by atoms with van der Waals surface area (Å²) in [6.45, 7) is 1.94. The largest absolute Gasteiger partial charge is 0.393 e. The van der Waals surface area contributed by atoms with Crippen molar-refractivity contribution in [1.29, 1.82) is 0 Å². The minimum Gasteiger partial charge on any atom is -0.393 e. The summed E-state index contributed by atoms with van der Waals surface area (Å²) in [5, 5.41) is 34.2. The summed E-state index contributed by atoms with van der Waals surface area (Å²) < 4.78 is 26.5. The zero-order chi connectivity index (χ0) is 48.9. The molecule has 0 bridgehead atoms. The van der Waals surface area contributed by atoms with Crippen molar-refractivity contribution in [3.63, 3.8) is 0 Å². The number of pyridine rings is 2. The lowest BCUT2D eigenvalue weighted by Crippen LogP contribution is -2.42. The highest BCUT2D eigenvalue weighted by atomic mass is 16.7. The third-order valence-electron chi connectivity index (χ3n) is 15.2. The van der Waals surface area contributed by atoms with Crippen molar-refractivity contribution in [2.24, 2.45) is 0 Å². The highest BCUT2D eigenvalue weighted by molar-refractivity contribution is 6.02. The van der Waals surface area contributed by atoms with E-state index in [1.165, 1.54) is 0 Å². The number of carbonyl (C=O) groups is 2. The van der Waals surface area contributed by atoms with Crippen molar-refractivity contribution < 1.29 is 28.9 Å². The summed E-state index contributed by atoms with van der Waals surface area (Å²) in [5.41, 5.74) is 6.63. The highest BCUT2D eigenvalue weighted by Crippen LogP contribution is 2.38. The normalized spacial score (nSPS) is 23.2. The van der Waals surface area contributed by atoms with Crippen molar-refractivity contribution in [2.75, 3.05) is 44.5 Å². The third-order valence-corrected chi connectivity index (χ3v) is 15.2. The minimum atomic E-state index is -0.453. The van der Waals surface area contributed by atoms with Gasteiger partial charge in [-0.2, -0.15) is 19.2 Å². The monoisotopic (exact) mass is 976 g/mol. The fraction of sp³-hybridized carbons (Fsp3) is 0.462. The average Bonchev–Trinajstić information content (AvgIpc) is 4.22. The Morgan fingerprint density at radius 1 is 0.667 bits per heavy atom. The van der Waals surface area contributed by atoms with Gasteiger partial charge in [0.15, 0.2) is 17.6 Å². The molecule has 12 rings (SSSR count). The van der Waals surface area contributed by atoms with Gasteiger partial charge in [-0.1, -0.05) is 0 Å². The van der Waals surface area contributed by atoms with Gasteiger partial charge in [0.25, 0.3) is 11.8 Å². The fourth-order valence-electron chi connectivity index (χ4n) is 11.5. The minimum absolute atomic E-state index is 0.0221. The number of anilines is 2. The second kappa shape index (κ2) is 19.5. The molecule has 20 nitrogen and oxygen atoms in total. The van der Waals surface area contributed by atoms with Crippen LogP contribution in [0.4, 0.5) is 11.6 Å². The van der Waals surface area contributed by atoms with Gasteiger partial charge in [-0.15, -0.1) is 0 Å². The van der Waals surface area contributed by atoms with E-state index in [2.05, 4.69) is 65.1 Å². The Morgan fingerprint density at radius 3 is 1.81 bits per heavy atom. The van der Waals surface area contributed by atoms with Crippen LogP contribution in [-0.4, -0.2) is 130 Å². The molecule has 0 radical (unpaired) electrons. The van der Waals surface area contributed by atoms with Gasteiger partial charge in [-0.25, -0.2) is 19.9 Å². The molecule has 72 heavy (non-hydrogen) atoms. The number of aliphatic hydroxyl groups is 1. The van der Waals surface area contributed by atoms with Gasteiger partial charge in [0, 0.05) is 117 Å². The second-order valence-corrected chi connectivity index (χ2v) is 19.7. The predicted octanol–water partition coefficient (Wildman–Crippen LogP) is 6.71. The summed E-state index contributed by atoms with van der Waals surface area (Å²) in [4.78, 5) is 47.7. The van der Waals surface area contributed by atoms with E-state index in [9.17, 15) is 14.7 Å². The topological polar surface area (TPSA) is 226 Å². The number of hydrogen-bond acceptors (Lipinski definition) is 14. The van der Waals surface area contributed by atoms with E-state index in [1.54, 1.807) is 27.6 Å². The Hall–Kier alpha value is -7.00. The molecule has 5 N–H and O–H groups in total. The van der Waals surface area contributed by atoms with Crippen LogP contribution in [0.5, 0.6) is 0 Å². The molecule has 2 aliphatic heterocycles. The zero-order valence-corrected chi connectivity index (χ0v) is 40.5. The van der Waals surface area contributed by atoms with E-state index in [0.717, 1.165) is 96.7 Å². The first-order valence-electron chi connectivity index (χ1n) is 25.5. The zero-order valence-electron chi connectivity index (χ0n) is 40.5. The lowest BCUT2D eigenvalue weighted by Gasteiger charge is -2.36. The van der Waals surface area contributed by atoms with E-state index < -0.39 is 12.4 Å². The first-order valence-corrected chi connectivity index (χ1v) is 25.5. The summed E-state index contributed by atoms with van der Waals surface area (Å²) in [6.07, 6.45) is 19.4. The smallest absolute Gasteiger partial charge is 0.256 e. The van der Waals surface area contributed by atoms with Crippen LogP contribution in [0.15, 0.2) is 73.6 Å². The molecule has 4 fully saturated rings. The van der Waals surface area contributed by atoms with Gasteiger partial charge in [0.2, 0.25) is 0 Å². The molecule has 374 valence electrons. The Bertz CT molecular complexity index is 3300. The second-order valence-electron chi connectivity index (χ2n) is 19.7. The lowest BCUT2D eigenvalue weighted by molar-refractivity contribution is -0.201. The van der Waals surface area contributed by atoms with Crippen molar-refractivity contribution >= 4 is 56.8 Å². The molecule has 0 aromatic carbocycles. The molecule has 8 aromatic rings. The number of aliphatic hydroxyl groups excluding tert-OH is 1. The van der Waals surface area contributed by atoms with Gasteiger partial charge in [-0.05, 0) is 94.9 Å². The number of amides is 2. The molecule has 2 aliphatic carbocycles. The van der Waals surface area contributed by atoms with Crippen molar-refractivity contribution in [3.8, 4) is 22.5 Å². The summed E-state index contributed by atoms with van der Waals surface area (Å²) >= 11 is 0. The molecule has 0 spiro atoms. The molecule has 8 aromatic heterocycles. The number of aromatic nitrogens is 10. The van der Waals surface area contributed by atoms with Gasteiger partial charge < -0.3 is 49.7 Å². The molecular formula is C52H60N14O6. The van der Waals surface area contributed by atoms with Crippen molar-refractivity contribution in [1.82, 2.24) is 58.9 Å². The number of rotatable bonds is 12. The molecular weight excluding hydrogens is 917 g/mol. The van der Waals surface area contributed by atoms with Gasteiger partial charge in [0.1, 0.15) is 34.1 Å². The SMILES string of the molecule is CNc1cc(-c2cn(C3CCOC(O[C@@H]4CCC[C@@H](NC(=O)c5cnn6c(NC)cc(-c7cn(C8CCOCC8)c8ncccc78)nc56)C4)C3)c3ncccc23)nc2c(C(=O)NC3CCC[C@H](O)C3)cnn12. The highest BCUT2D eigenvalue weighted by Gasteiger charge is 2.33. The van der Waals surface area contributed by atoms with E-state index in [-0.39, 0.29) is 42.1 Å². The van der Waals surface area contributed by atoms with Gasteiger partial charge >= 0.3 is 0 Å². The van der Waals surface area contributed by atoms with Crippen LogP contribution in [-0.2, 0) is 14.2 Å². The maximum Gasteiger partial charge on any atom is 0.256 e. The number of ether oxygens (including phenoxy) is 3. The van der Waals surface area contributed by atoms with Gasteiger partial charge in [0.05, 0.1) is 42.6 Å².